The lowest BCUT2D eigenvalue weighted by Crippen LogP contribution is -2.42. The highest BCUT2D eigenvalue weighted by atomic mass is 79.9. The van der Waals surface area contributed by atoms with Gasteiger partial charge in [0.15, 0.2) is 0 Å². The minimum absolute atomic E-state index is 0.104. The molecule has 0 saturated carbocycles. The van der Waals surface area contributed by atoms with Crippen LogP contribution in [0.25, 0.3) is 6.08 Å². The van der Waals surface area contributed by atoms with Gasteiger partial charge in [-0.3, -0.25) is 14.5 Å². The van der Waals surface area contributed by atoms with Crippen LogP contribution >= 0.6 is 39.3 Å². The molecule has 1 aliphatic rings. The van der Waals surface area contributed by atoms with Crippen molar-refractivity contribution >= 4 is 62.5 Å². The number of imide groups is 1. The van der Waals surface area contributed by atoms with Crippen molar-refractivity contribution in [3.8, 4) is 5.75 Å². The number of carbonyl (C=O) groups is 3. The smallest absolute Gasteiger partial charge is 0.328 e. The molecule has 1 heterocycles. The van der Waals surface area contributed by atoms with Crippen LogP contribution in [0.15, 0.2) is 21.5 Å². The molecule has 23 heavy (non-hydrogen) atoms. The summed E-state index contributed by atoms with van der Waals surface area (Å²) in [7, 11) is 1.18. The van der Waals surface area contributed by atoms with Crippen LogP contribution in [-0.2, 0) is 14.3 Å². The van der Waals surface area contributed by atoms with Gasteiger partial charge in [0.1, 0.15) is 11.8 Å². The second-order valence-electron chi connectivity index (χ2n) is 4.58. The SMILES string of the molecule is COC(=O)[C@@H](C)N1C(=O)S/C(=C/c2cc(Cl)c(O)c(Br)c2)C1=O. The van der Waals surface area contributed by atoms with Crippen molar-refractivity contribution in [3.05, 3.63) is 32.1 Å². The van der Waals surface area contributed by atoms with Crippen LogP contribution < -0.4 is 0 Å². The van der Waals surface area contributed by atoms with Gasteiger partial charge in [0.2, 0.25) is 0 Å². The Morgan fingerprint density at radius 1 is 1.48 bits per heavy atom. The first-order chi connectivity index (χ1) is 10.8. The van der Waals surface area contributed by atoms with Gasteiger partial charge in [0.05, 0.1) is 21.5 Å². The zero-order valence-electron chi connectivity index (χ0n) is 12.0. The number of thioether (sulfide) groups is 1. The number of nitrogens with zero attached hydrogens (tertiary/aromatic N) is 1. The third-order valence-corrected chi connectivity index (χ3v) is 4.87. The maximum Gasteiger partial charge on any atom is 0.328 e. The van der Waals surface area contributed by atoms with E-state index in [1.54, 1.807) is 6.07 Å². The fourth-order valence-corrected chi connectivity index (χ4v) is 3.64. The molecule has 2 rings (SSSR count). The number of ether oxygens (including phenoxy) is 1. The number of amides is 2. The average molecular weight is 421 g/mol. The summed E-state index contributed by atoms with van der Waals surface area (Å²) < 4.78 is 4.91. The lowest BCUT2D eigenvalue weighted by atomic mass is 10.2. The molecule has 0 unspecified atom stereocenters. The van der Waals surface area contributed by atoms with Crippen molar-refractivity contribution in [1.82, 2.24) is 4.90 Å². The highest BCUT2D eigenvalue weighted by molar-refractivity contribution is 9.10. The number of benzene rings is 1. The normalized spacial score (nSPS) is 17.7. The molecule has 9 heteroatoms. The van der Waals surface area contributed by atoms with Gasteiger partial charge >= 0.3 is 5.97 Å². The summed E-state index contributed by atoms with van der Waals surface area (Å²) >= 11 is 9.73. The number of rotatable bonds is 3. The summed E-state index contributed by atoms with van der Waals surface area (Å²) in [6, 6.07) is 2.01. The van der Waals surface area contributed by atoms with Crippen LogP contribution in [0, 0.1) is 0 Å². The number of aromatic hydroxyl groups is 1. The largest absolute Gasteiger partial charge is 0.505 e. The van der Waals surface area contributed by atoms with Gasteiger partial charge in [0.25, 0.3) is 11.1 Å². The molecule has 2 amide bonds. The maximum absolute atomic E-state index is 12.3. The van der Waals surface area contributed by atoms with Crippen molar-refractivity contribution in [1.29, 1.82) is 0 Å². The van der Waals surface area contributed by atoms with E-state index in [9.17, 15) is 19.5 Å². The van der Waals surface area contributed by atoms with E-state index in [0.29, 0.717) is 10.0 Å². The third kappa shape index (κ3) is 3.54. The van der Waals surface area contributed by atoms with Crippen LogP contribution in [0.3, 0.4) is 0 Å². The van der Waals surface area contributed by atoms with Crippen molar-refractivity contribution in [2.45, 2.75) is 13.0 Å². The molecule has 1 N–H and O–H groups in total. The van der Waals surface area contributed by atoms with E-state index in [2.05, 4.69) is 20.7 Å². The molecule has 1 aromatic carbocycles. The quantitative estimate of drug-likeness (QED) is 0.596. The Morgan fingerprint density at radius 2 is 2.13 bits per heavy atom. The Labute approximate surface area is 149 Å². The standard InChI is InChI=1S/C14H11BrClNO5S/c1-6(13(20)22-2)17-12(19)10(23-14(17)21)5-7-3-8(15)11(18)9(16)4-7/h3-6,18H,1-2H3/b10-5+/t6-/m1/s1. The van der Waals surface area contributed by atoms with Gasteiger partial charge < -0.3 is 9.84 Å². The number of esters is 1. The molecular weight excluding hydrogens is 410 g/mol. The first kappa shape index (κ1) is 17.8. The molecule has 6 nitrogen and oxygen atoms in total. The van der Waals surface area contributed by atoms with E-state index in [1.807, 2.05) is 0 Å². The number of halogens is 2. The van der Waals surface area contributed by atoms with E-state index in [1.165, 1.54) is 26.2 Å². The van der Waals surface area contributed by atoms with E-state index in [-0.39, 0.29) is 15.7 Å². The zero-order chi connectivity index (χ0) is 17.3. The van der Waals surface area contributed by atoms with Gasteiger partial charge in [-0.25, -0.2) is 4.79 Å². The second kappa shape index (κ2) is 6.94. The molecule has 122 valence electrons. The number of hydrogen-bond acceptors (Lipinski definition) is 6. The summed E-state index contributed by atoms with van der Waals surface area (Å²) in [6.07, 6.45) is 1.46. The van der Waals surface area contributed by atoms with Gasteiger partial charge in [-0.05, 0) is 58.4 Å². The average Bonchev–Trinajstić information content (AvgIpc) is 2.77. The predicted octanol–water partition coefficient (Wildman–Crippen LogP) is 3.41. The lowest BCUT2D eigenvalue weighted by molar-refractivity contribution is -0.148. The minimum Gasteiger partial charge on any atom is -0.505 e. The molecular formula is C14H11BrClNO5S. The molecule has 0 bridgehead atoms. The Hall–Kier alpha value is -1.51. The van der Waals surface area contributed by atoms with E-state index >= 15 is 0 Å². The third-order valence-electron chi connectivity index (χ3n) is 3.09. The summed E-state index contributed by atoms with van der Waals surface area (Å²) in [6.45, 7) is 1.42. The number of phenolic OH excluding ortho intramolecular Hbond substituents is 1. The van der Waals surface area contributed by atoms with E-state index < -0.39 is 23.2 Å². The number of methoxy groups -OCH3 is 1. The molecule has 1 saturated heterocycles. The molecule has 0 spiro atoms. The Kier molecular flexibility index (Phi) is 5.38. The van der Waals surface area contributed by atoms with Crippen LogP contribution in [0.1, 0.15) is 12.5 Å². The van der Waals surface area contributed by atoms with Gasteiger partial charge in [-0.15, -0.1) is 0 Å². The second-order valence-corrected chi connectivity index (χ2v) is 6.84. The van der Waals surface area contributed by atoms with Crippen LogP contribution in [0.4, 0.5) is 4.79 Å². The Morgan fingerprint density at radius 3 is 2.70 bits per heavy atom. The van der Waals surface area contributed by atoms with Gasteiger partial charge in [-0.2, -0.15) is 0 Å². The lowest BCUT2D eigenvalue weighted by Gasteiger charge is -2.18. The monoisotopic (exact) mass is 419 g/mol. The fourth-order valence-electron chi connectivity index (χ4n) is 1.91. The predicted molar refractivity (Wildman–Crippen MR) is 90.1 cm³/mol. The van der Waals surface area contributed by atoms with Crippen LogP contribution in [0.5, 0.6) is 5.75 Å². The summed E-state index contributed by atoms with van der Waals surface area (Å²) in [5.41, 5.74) is 0.524. The molecule has 1 aliphatic heterocycles. The molecule has 0 aliphatic carbocycles. The molecule has 0 radical (unpaired) electrons. The van der Waals surface area contributed by atoms with Gasteiger partial charge in [-0.1, -0.05) is 11.6 Å². The first-order valence-electron chi connectivity index (χ1n) is 6.29. The van der Waals surface area contributed by atoms with Crippen molar-refractivity contribution < 1.29 is 24.2 Å². The van der Waals surface area contributed by atoms with Crippen LogP contribution in [0.2, 0.25) is 5.02 Å². The Bertz CT molecular complexity index is 713. The number of phenols is 1. The summed E-state index contributed by atoms with van der Waals surface area (Å²) in [5.74, 6) is -1.38. The molecule has 1 fully saturated rings. The summed E-state index contributed by atoms with van der Waals surface area (Å²) in [5, 5.41) is 9.16. The maximum atomic E-state index is 12.3. The van der Waals surface area contributed by atoms with Crippen molar-refractivity contribution in [2.24, 2.45) is 0 Å². The van der Waals surface area contributed by atoms with Crippen molar-refractivity contribution in [2.75, 3.05) is 7.11 Å². The molecule has 0 aromatic heterocycles. The molecule has 1 aromatic rings. The number of carbonyl (C=O) groups excluding carboxylic acids is 3. The zero-order valence-corrected chi connectivity index (χ0v) is 15.2. The highest BCUT2D eigenvalue weighted by Gasteiger charge is 2.41. The fraction of sp³-hybridized carbons (Fsp3) is 0.214. The minimum atomic E-state index is -1.01. The first-order valence-corrected chi connectivity index (χ1v) is 8.28. The van der Waals surface area contributed by atoms with E-state index in [0.717, 1.165) is 16.7 Å². The Balaban J connectivity index is 2.34. The molecule has 1 atom stereocenters. The van der Waals surface area contributed by atoms with E-state index in [4.69, 9.17) is 11.6 Å². The summed E-state index contributed by atoms with van der Waals surface area (Å²) in [4.78, 5) is 36.8. The number of hydrogen-bond donors (Lipinski definition) is 1. The highest BCUT2D eigenvalue weighted by Crippen LogP contribution is 2.37. The van der Waals surface area contributed by atoms with Crippen molar-refractivity contribution in [3.63, 3.8) is 0 Å². The van der Waals surface area contributed by atoms with Gasteiger partial charge in [0, 0.05) is 0 Å². The van der Waals surface area contributed by atoms with Crippen LogP contribution in [-0.4, -0.2) is 40.3 Å². The topological polar surface area (TPSA) is 83.9 Å².